The number of hydrogen-bond acceptors (Lipinski definition) is 3. The minimum Gasteiger partial charge on any atom is -0.462 e. The summed E-state index contributed by atoms with van der Waals surface area (Å²) in [7, 11) is 0. The van der Waals surface area contributed by atoms with Crippen LogP contribution in [0.15, 0.2) is 18.2 Å². The number of carbonyl (C=O) groups is 2. The van der Waals surface area contributed by atoms with Crippen LogP contribution in [0.2, 0.25) is 10.0 Å². The summed E-state index contributed by atoms with van der Waals surface area (Å²) in [6.07, 6.45) is 3.04. The number of halogens is 2. The summed E-state index contributed by atoms with van der Waals surface area (Å²) >= 11 is 11.7. The molecule has 0 aliphatic heterocycles. The van der Waals surface area contributed by atoms with E-state index in [0.29, 0.717) is 27.6 Å². The molecule has 0 heterocycles. The average molecular weight is 372 g/mol. The van der Waals surface area contributed by atoms with E-state index in [1.54, 1.807) is 18.2 Å². The molecule has 1 fully saturated rings. The first-order valence-electron chi connectivity index (χ1n) is 8.29. The summed E-state index contributed by atoms with van der Waals surface area (Å²) in [5.41, 5.74) is 0.554. The van der Waals surface area contributed by atoms with Gasteiger partial charge in [0, 0.05) is 12.1 Å². The molecule has 1 amide bonds. The number of amides is 1. The van der Waals surface area contributed by atoms with Crippen LogP contribution in [-0.2, 0) is 14.3 Å². The lowest BCUT2D eigenvalue weighted by Crippen LogP contribution is -2.29. The zero-order valence-corrected chi connectivity index (χ0v) is 15.5. The Hall–Kier alpha value is -1.26. The number of carbonyl (C=O) groups excluding carboxylic acids is 2. The molecule has 1 N–H and O–H groups in total. The van der Waals surface area contributed by atoms with Crippen LogP contribution in [0.25, 0.3) is 0 Å². The van der Waals surface area contributed by atoms with Crippen LogP contribution >= 0.6 is 23.2 Å². The van der Waals surface area contributed by atoms with Crippen LogP contribution in [-0.4, -0.2) is 18.0 Å². The Balaban J connectivity index is 1.73. The van der Waals surface area contributed by atoms with E-state index >= 15 is 0 Å². The van der Waals surface area contributed by atoms with Crippen molar-refractivity contribution in [2.45, 2.75) is 52.1 Å². The first-order valence-corrected chi connectivity index (χ1v) is 9.05. The minimum absolute atomic E-state index is 0.0122. The molecule has 0 radical (unpaired) electrons. The van der Waals surface area contributed by atoms with Gasteiger partial charge in [-0.05, 0) is 49.3 Å². The minimum atomic E-state index is -0.314. The number of anilines is 1. The molecule has 0 bridgehead atoms. The van der Waals surface area contributed by atoms with Gasteiger partial charge < -0.3 is 10.1 Å². The van der Waals surface area contributed by atoms with Crippen LogP contribution < -0.4 is 5.32 Å². The monoisotopic (exact) mass is 371 g/mol. The number of ether oxygens (including phenoxy) is 1. The van der Waals surface area contributed by atoms with Crippen molar-refractivity contribution in [1.29, 1.82) is 0 Å². The normalized spacial score (nSPS) is 23.6. The first kappa shape index (κ1) is 19.1. The van der Waals surface area contributed by atoms with Crippen molar-refractivity contribution in [3.63, 3.8) is 0 Å². The molecule has 1 aromatic carbocycles. The highest BCUT2D eigenvalue weighted by molar-refractivity contribution is 6.42. The molecule has 24 heavy (non-hydrogen) atoms. The Morgan fingerprint density at radius 3 is 2.54 bits per heavy atom. The second kappa shape index (κ2) is 8.72. The molecule has 0 spiro atoms. The fourth-order valence-corrected chi connectivity index (χ4v) is 3.16. The van der Waals surface area contributed by atoms with Crippen molar-refractivity contribution in [3.8, 4) is 0 Å². The van der Waals surface area contributed by atoms with Gasteiger partial charge in [0.25, 0.3) is 0 Å². The predicted octanol–water partition coefficient (Wildman–Crippen LogP) is 5.08. The van der Waals surface area contributed by atoms with Crippen molar-refractivity contribution >= 4 is 40.8 Å². The summed E-state index contributed by atoms with van der Waals surface area (Å²) in [5, 5.41) is 3.49. The largest absolute Gasteiger partial charge is 0.462 e. The molecule has 0 saturated heterocycles. The Labute approximate surface area is 152 Å². The molecule has 3 atom stereocenters. The highest BCUT2D eigenvalue weighted by Crippen LogP contribution is 2.31. The molecule has 2 rings (SSSR count). The Morgan fingerprint density at radius 2 is 1.88 bits per heavy atom. The zero-order chi connectivity index (χ0) is 17.7. The van der Waals surface area contributed by atoms with Crippen LogP contribution in [0, 0.1) is 11.8 Å². The van der Waals surface area contributed by atoms with E-state index in [9.17, 15) is 9.59 Å². The van der Waals surface area contributed by atoms with Crippen molar-refractivity contribution in [2.75, 3.05) is 5.32 Å². The van der Waals surface area contributed by atoms with Crippen LogP contribution in [0.3, 0.4) is 0 Å². The first-order chi connectivity index (χ1) is 11.3. The fourth-order valence-electron chi connectivity index (χ4n) is 2.86. The second-order valence-electron chi connectivity index (χ2n) is 6.56. The van der Waals surface area contributed by atoms with E-state index in [-0.39, 0.29) is 30.8 Å². The Kier molecular flexibility index (Phi) is 6.93. The third-order valence-corrected chi connectivity index (χ3v) is 5.35. The number of hydrogen-bond donors (Lipinski definition) is 1. The van der Waals surface area contributed by atoms with Crippen molar-refractivity contribution in [3.05, 3.63) is 28.2 Å². The summed E-state index contributed by atoms with van der Waals surface area (Å²) in [6, 6.07) is 4.85. The van der Waals surface area contributed by atoms with Gasteiger partial charge in [0.05, 0.1) is 16.5 Å². The highest BCUT2D eigenvalue weighted by Gasteiger charge is 2.27. The maximum atomic E-state index is 11.9. The Morgan fingerprint density at radius 1 is 1.12 bits per heavy atom. The summed E-state index contributed by atoms with van der Waals surface area (Å²) in [5.74, 6) is 0.674. The quantitative estimate of drug-likeness (QED) is 0.734. The number of nitrogens with one attached hydrogen (secondary N) is 1. The third-order valence-electron chi connectivity index (χ3n) is 4.61. The number of rotatable bonds is 5. The van der Waals surface area contributed by atoms with E-state index in [1.165, 1.54) is 0 Å². The van der Waals surface area contributed by atoms with E-state index in [0.717, 1.165) is 19.3 Å². The molecule has 1 saturated carbocycles. The molecule has 0 unspecified atom stereocenters. The predicted molar refractivity (Wildman–Crippen MR) is 96.4 cm³/mol. The molecule has 1 aromatic rings. The van der Waals surface area contributed by atoms with Gasteiger partial charge in [0.15, 0.2) is 0 Å². The maximum Gasteiger partial charge on any atom is 0.306 e. The lowest BCUT2D eigenvalue weighted by atomic mass is 9.80. The van der Waals surface area contributed by atoms with Gasteiger partial charge in [-0.1, -0.05) is 37.0 Å². The number of esters is 1. The summed E-state index contributed by atoms with van der Waals surface area (Å²) < 4.78 is 5.49. The van der Waals surface area contributed by atoms with Gasteiger partial charge in [-0.25, -0.2) is 0 Å². The highest BCUT2D eigenvalue weighted by atomic mass is 35.5. The lowest BCUT2D eigenvalue weighted by Gasteiger charge is -2.31. The standard InChI is InChI=1S/C18H23Cl2NO3/c1-11-3-5-14(9-12(11)2)24-18(23)8-7-17(22)21-13-4-6-15(19)16(20)10-13/h4,6,10-12,14H,3,5,7-9H2,1-2H3,(H,21,22)/t11-,12-,14-/m0/s1. The molecule has 1 aliphatic carbocycles. The maximum absolute atomic E-state index is 11.9. The van der Waals surface area contributed by atoms with Gasteiger partial charge >= 0.3 is 5.97 Å². The van der Waals surface area contributed by atoms with Gasteiger partial charge in [-0.15, -0.1) is 0 Å². The molecule has 0 aromatic heterocycles. The zero-order valence-electron chi connectivity index (χ0n) is 14.0. The molecular formula is C18H23Cl2NO3. The van der Waals surface area contributed by atoms with Crippen molar-refractivity contribution < 1.29 is 14.3 Å². The van der Waals surface area contributed by atoms with Crippen molar-refractivity contribution in [1.82, 2.24) is 0 Å². The lowest BCUT2D eigenvalue weighted by molar-refractivity contribution is -0.152. The summed E-state index contributed by atoms with van der Waals surface area (Å²) in [4.78, 5) is 23.8. The van der Waals surface area contributed by atoms with Crippen LogP contribution in [0.1, 0.15) is 46.0 Å². The van der Waals surface area contributed by atoms with Gasteiger partial charge in [0.1, 0.15) is 6.10 Å². The van der Waals surface area contributed by atoms with Gasteiger partial charge in [0.2, 0.25) is 5.91 Å². The van der Waals surface area contributed by atoms with E-state index in [4.69, 9.17) is 27.9 Å². The SMILES string of the molecule is C[C@H]1CC[C@H](OC(=O)CCC(=O)Nc2ccc(Cl)c(Cl)c2)C[C@@H]1C. The van der Waals surface area contributed by atoms with Crippen molar-refractivity contribution in [2.24, 2.45) is 11.8 Å². The smallest absolute Gasteiger partial charge is 0.306 e. The molecular weight excluding hydrogens is 349 g/mol. The molecule has 1 aliphatic rings. The fraction of sp³-hybridized carbons (Fsp3) is 0.556. The van der Waals surface area contributed by atoms with E-state index < -0.39 is 0 Å². The third kappa shape index (κ3) is 5.67. The summed E-state index contributed by atoms with van der Waals surface area (Å²) in [6.45, 7) is 4.42. The second-order valence-corrected chi connectivity index (χ2v) is 7.37. The van der Waals surface area contributed by atoms with Crippen LogP contribution in [0.5, 0.6) is 0 Å². The Bertz CT molecular complexity index is 606. The van der Waals surface area contributed by atoms with E-state index in [1.807, 2.05) is 0 Å². The van der Waals surface area contributed by atoms with E-state index in [2.05, 4.69) is 19.2 Å². The average Bonchev–Trinajstić information content (AvgIpc) is 2.53. The molecule has 6 heteroatoms. The van der Waals surface area contributed by atoms with Gasteiger partial charge in [-0.2, -0.15) is 0 Å². The molecule has 4 nitrogen and oxygen atoms in total. The number of benzene rings is 1. The molecule has 132 valence electrons. The topological polar surface area (TPSA) is 55.4 Å². The van der Waals surface area contributed by atoms with Gasteiger partial charge in [-0.3, -0.25) is 9.59 Å². The van der Waals surface area contributed by atoms with Crippen LogP contribution in [0.4, 0.5) is 5.69 Å².